The van der Waals surface area contributed by atoms with E-state index in [1.165, 1.54) is 12.8 Å². The fourth-order valence-corrected chi connectivity index (χ4v) is 1.21. The van der Waals surface area contributed by atoms with E-state index in [0.717, 1.165) is 12.5 Å². The minimum atomic E-state index is -0.895. The summed E-state index contributed by atoms with van der Waals surface area (Å²) in [4.78, 5) is 0. The summed E-state index contributed by atoms with van der Waals surface area (Å²) in [5, 5.41) is 25.5. The number of hydrogen-bond acceptors (Lipinski definition) is 4. The summed E-state index contributed by atoms with van der Waals surface area (Å²) in [6.07, 6.45) is 3.32. The Hall–Kier alpha value is -0.940. The lowest BCUT2D eigenvalue weighted by Gasteiger charge is -1.99. The number of nitrogens with zero attached hydrogens (tertiary/aromatic N) is 3. The van der Waals surface area contributed by atoms with Gasteiger partial charge in [-0.05, 0) is 18.8 Å². The lowest BCUT2D eigenvalue weighted by molar-refractivity contribution is 0.0921. The smallest absolute Gasteiger partial charge is 0.122 e. The maximum absolute atomic E-state index is 9.23. The van der Waals surface area contributed by atoms with Crippen LogP contribution in [-0.4, -0.2) is 31.8 Å². The third-order valence-electron chi connectivity index (χ3n) is 2.21. The van der Waals surface area contributed by atoms with Gasteiger partial charge in [0.1, 0.15) is 11.8 Å². The zero-order chi connectivity index (χ0) is 9.26. The minimum absolute atomic E-state index is 0.303. The molecule has 1 saturated carbocycles. The number of aliphatic hydroxyl groups excluding tert-OH is 2. The molecule has 72 valence electrons. The number of hydrogen-bond donors (Lipinski definition) is 2. The molecule has 0 radical (unpaired) electrons. The van der Waals surface area contributed by atoms with E-state index in [1.54, 1.807) is 10.9 Å². The van der Waals surface area contributed by atoms with E-state index in [2.05, 4.69) is 10.3 Å². The highest BCUT2D eigenvalue weighted by atomic mass is 16.3. The van der Waals surface area contributed by atoms with Gasteiger partial charge in [-0.25, -0.2) is 0 Å². The van der Waals surface area contributed by atoms with Gasteiger partial charge in [0.15, 0.2) is 0 Å². The van der Waals surface area contributed by atoms with E-state index >= 15 is 0 Å². The van der Waals surface area contributed by atoms with Crippen LogP contribution in [0.5, 0.6) is 0 Å². The first-order chi connectivity index (χ1) is 6.29. The Bertz CT molecular complexity index is 283. The summed E-state index contributed by atoms with van der Waals surface area (Å²) < 4.78 is 1.73. The molecule has 1 fully saturated rings. The third kappa shape index (κ3) is 2.05. The molecule has 1 unspecified atom stereocenters. The third-order valence-corrected chi connectivity index (χ3v) is 2.21. The molecule has 0 spiro atoms. The van der Waals surface area contributed by atoms with Gasteiger partial charge in [-0.15, -0.1) is 5.10 Å². The van der Waals surface area contributed by atoms with Gasteiger partial charge in [0, 0.05) is 6.54 Å². The van der Waals surface area contributed by atoms with Crippen LogP contribution in [0, 0.1) is 5.92 Å². The second kappa shape index (κ2) is 3.43. The van der Waals surface area contributed by atoms with Crippen molar-refractivity contribution in [2.24, 2.45) is 5.92 Å². The quantitative estimate of drug-likeness (QED) is 0.673. The minimum Gasteiger partial charge on any atom is -0.393 e. The predicted octanol–water partition coefficient (Wildman–Crippen LogP) is -0.286. The van der Waals surface area contributed by atoms with Gasteiger partial charge >= 0.3 is 0 Å². The zero-order valence-electron chi connectivity index (χ0n) is 7.30. The largest absolute Gasteiger partial charge is 0.393 e. The molecule has 0 bridgehead atoms. The van der Waals surface area contributed by atoms with Crippen molar-refractivity contribution >= 4 is 0 Å². The molecule has 2 N–H and O–H groups in total. The molecule has 1 aliphatic rings. The molecule has 0 amide bonds. The van der Waals surface area contributed by atoms with Crippen LogP contribution in [0.4, 0.5) is 0 Å². The second-order valence-corrected chi connectivity index (χ2v) is 3.51. The van der Waals surface area contributed by atoms with Crippen molar-refractivity contribution in [3.63, 3.8) is 0 Å². The number of rotatable bonds is 4. The summed E-state index contributed by atoms with van der Waals surface area (Å²) in [7, 11) is 0. The van der Waals surface area contributed by atoms with E-state index in [0.29, 0.717) is 5.69 Å². The molecule has 5 nitrogen and oxygen atoms in total. The summed E-state index contributed by atoms with van der Waals surface area (Å²) in [5.41, 5.74) is 0.447. The Labute approximate surface area is 76.0 Å². The standard InChI is InChI=1S/C8H13N3O2/c12-5-8(13)7-4-11(10-9-7)3-6-1-2-6/h4,6,8,12-13H,1-3,5H2. The Balaban J connectivity index is 1.99. The molecule has 0 saturated heterocycles. The monoisotopic (exact) mass is 183 g/mol. The van der Waals surface area contributed by atoms with Crippen molar-refractivity contribution in [1.82, 2.24) is 15.0 Å². The van der Waals surface area contributed by atoms with Gasteiger partial charge in [-0.2, -0.15) is 0 Å². The number of aromatic nitrogens is 3. The van der Waals surface area contributed by atoms with Crippen molar-refractivity contribution in [1.29, 1.82) is 0 Å². The fraction of sp³-hybridized carbons (Fsp3) is 0.750. The molecule has 1 heterocycles. The van der Waals surface area contributed by atoms with Crippen molar-refractivity contribution in [2.75, 3.05) is 6.61 Å². The second-order valence-electron chi connectivity index (χ2n) is 3.51. The van der Waals surface area contributed by atoms with Gasteiger partial charge < -0.3 is 10.2 Å². The average molecular weight is 183 g/mol. The Morgan fingerprint density at radius 3 is 3.00 bits per heavy atom. The first-order valence-corrected chi connectivity index (χ1v) is 4.48. The first kappa shape index (κ1) is 8.65. The molecule has 1 aromatic rings. The number of aliphatic hydroxyl groups is 2. The molecule has 13 heavy (non-hydrogen) atoms. The van der Waals surface area contributed by atoms with E-state index in [4.69, 9.17) is 5.11 Å². The Kier molecular flexibility index (Phi) is 2.28. The maximum Gasteiger partial charge on any atom is 0.122 e. The summed E-state index contributed by atoms with van der Waals surface area (Å²) in [5.74, 6) is 0.737. The Morgan fingerprint density at radius 1 is 1.62 bits per heavy atom. The van der Waals surface area contributed by atoms with Crippen LogP contribution in [0.3, 0.4) is 0 Å². The van der Waals surface area contributed by atoms with Crippen LogP contribution in [0.15, 0.2) is 6.20 Å². The lowest BCUT2D eigenvalue weighted by atomic mass is 10.3. The van der Waals surface area contributed by atoms with Gasteiger partial charge in [-0.3, -0.25) is 4.68 Å². The van der Waals surface area contributed by atoms with Crippen LogP contribution < -0.4 is 0 Å². The highest BCUT2D eigenvalue weighted by molar-refractivity contribution is 4.97. The normalized spacial score (nSPS) is 18.9. The summed E-state index contributed by atoms with van der Waals surface area (Å²) in [6.45, 7) is 0.577. The van der Waals surface area contributed by atoms with Gasteiger partial charge in [0.05, 0.1) is 12.8 Å². The molecular weight excluding hydrogens is 170 g/mol. The molecule has 1 aromatic heterocycles. The average Bonchev–Trinajstić information content (AvgIpc) is 2.81. The predicted molar refractivity (Wildman–Crippen MR) is 44.8 cm³/mol. The molecule has 1 atom stereocenters. The molecule has 5 heteroatoms. The van der Waals surface area contributed by atoms with Crippen LogP contribution in [0.25, 0.3) is 0 Å². The van der Waals surface area contributed by atoms with Crippen LogP contribution in [-0.2, 0) is 6.54 Å². The topological polar surface area (TPSA) is 71.2 Å². The van der Waals surface area contributed by atoms with Gasteiger partial charge in [0.25, 0.3) is 0 Å². The summed E-state index contributed by atoms with van der Waals surface area (Å²) >= 11 is 0. The van der Waals surface area contributed by atoms with Gasteiger partial charge in [0.2, 0.25) is 0 Å². The summed E-state index contributed by atoms with van der Waals surface area (Å²) in [6, 6.07) is 0. The fourth-order valence-electron chi connectivity index (χ4n) is 1.21. The first-order valence-electron chi connectivity index (χ1n) is 4.48. The van der Waals surface area contributed by atoms with Crippen molar-refractivity contribution in [2.45, 2.75) is 25.5 Å². The van der Waals surface area contributed by atoms with Crippen molar-refractivity contribution in [3.05, 3.63) is 11.9 Å². The SMILES string of the molecule is OCC(O)c1cn(CC2CC2)nn1. The van der Waals surface area contributed by atoms with E-state index in [-0.39, 0.29) is 6.61 Å². The van der Waals surface area contributed by atoms with E-state index < -0.39 is 6.10 Å². The molecule has 2 rings (SSSR count). The Morgan fingerprint density at radius 2 is 2.38 bits per heavy atom. The van der Waals surface area contributed by atoms with Crippen LogP contribution in [0.2, 0.25) is 0 Å². The van der Waals surface area contributed by atoms with E-state index in [9.17, 15) is 5.11 Å². The van der Waals surface area contributed by atoms with Crippen LogP contribution >= 0.6 is 0 Å². The highest BCUT2D eigenvalue weighted by Crippen LogP contribution is 2.30. The molecular formula is C8H13N3O2. The van der Waals surface area contributed by atoms with Gasteiger partial charge in [-0.1, -0.05) is 5.21 Å². The van der Waals surface area contributed by atoms with Crippen molar-refractivity contribution < 1.29 is 10.2 Å². The maximum atomic E-state index is 9.23. The van der Waals surface area contributed by atoms with E-state index in [1.807, 2.05) is 0 Å². The zero-order valence-corrected chi connectivity index (χ0v) is 7.30. The molecule has 0 aromatic carbocycles. The van der Waals surface area contributed by atoms with Crippen molar-refractivity contribution in [3.8, 4) is 0 Å². The lowest BCUT2D eigenvalue weighted by Crippen LogP contribution is -2.02. The molecule has 1 aliphatic carbocycles. The molecule has 0 aliphatic heterocycles. The highest BCUT2D eigenvalue weighted by Gasteiger charge is 2.22. The van der Waals surface area contributed by atoms with Crippen LogP contribution in [0.1, 0.15) is 24.6 Å².